The summed E-state index contributed by atoms with van der Waals surface area (Å²) < 4.78 is 0.473. The van der Waals surface area contributed by atoms with Crippen LogP contribution < -0.4 is 0 Å². The van der Waals surface area contributed by atoms with Crippen molar-refractivity contribution in [3.8, 4) is 10.6 Å². The van der Waals surface area contributed by atoms with Crippen LogP contribution in [0.2, 0.25) is 0 Å². The van der Waals surface area contributed by atoms with Crippen LogP contribution in [0, 0.1) is 0 Å². The fraction of sp³-hybridized carbons (Fsp3) is 0.333. The van der Waals surface area contributed by atoms with E-state index in [1.165, 1.54) is 16.7 Å². The SMILES string of the molecule is CC(C)(C)c1csc(-c2ccc(/C=C3/SC(=S)N(CCCC(=O)O)C3=O)cc2)n1. The number of aromatic nitrogens is 1. The van der Waals surface area contributed by atoms with Gasteiger partial charge in [0.1, 0.15) is 9.33 Å². The Labute approximate surface area is 183 Å². The van der Waals surface area contributed by atoms with Crippen LogP contribution in [0.3, 0.4) is 0 Å². The molecule has 1 aliphatic rings. The average molecular weight is 447 g/mol. The maximum absolute atomic E-state index is 12.6. The molecule has 0 unspecified atom stereocenters. The number of carboxylic acid groups (broad SMARTS) is 1. The summed E-state index contributed by atoms with van der Waals surface area (Å²) in [7, 11) is 0. The Bertz CT molecular complexity index is 972. The first-order valence-corrected chi connectivity index (χ1v) is 11.3. The number of hydrogen-bond donors (Lipinski definition) is 1. The van der Waals surface area contributed by atoms with Gasteiger partial charge in [-0.25, -0.2) is 4.98 Å². The van der Waals surface area contributed by atoms with E-state index in [2.05, 4.69) is 26.2 Å². The molecule has 2 aromatic rings. The van der Waals surface area contributed by atoms with Crippen molar-refractivity contribution in [2.45, 2.75) is 39.0 Å². The number of amides is 1. The molecule has 1 saturated heterocycles. The number of thioether (sulfide) groups is 1. The van der Waals surface area contributed by atoms with E-state index < -0.39 is 5.97 Å². The van der Waals surface area contributed by atoms with E-state index in [0.717, 1.165) is 21.8 Å². The lowest BCUT2D eigenvalue weighted by atomic mass is 9.93. The Morgan fingerprint density at radius 1 is 1.28 bits per heavy atom. The first-order chi connectivity index (χ1) is 13.6. The highest BCUT2D eigenvalue weighted by atomic mass is 32.2. The number of carbonyl (C=O) groups is 2. The number of benzene rings is 1. The number of hydrogen-bond acceptors (Lipinski definition) is 6. The fourth-order valence-corrected chi connectivity index (χ4v) is 5.07. The van der Waals surface area contributed by atoms with Gasteiger partial charge in [-0.3, -0.25) is 14.5 Å². The van der Waals surface area contributed by atoms with E-state index in [1.807, 2.05) is 30.3 Å². The molecular weight excluding hydrogens is 424 g/mol. The van der Waals surface area contributed by atoms with E-state index >= 15 is 0 Å². The van der Waals surface area contributed by atoms with E-state index in [9.17, 15) is 9.59 Å². The number of rotatable bonds is 6. The van der Waals surface area contributed by atoms with Crippen molar-refractivity contribution < 1.29 is 14.7 Å². The van der Waals surface area contributed by atoms with Gasteiger partial charge in [-0.2, -0.15) is 0 Å². The molecule has 2 heterocycles. The standard InChI is InChI=1S/C21H22N2O3S3/c1-21(2,3)16-12-28-18(22-16)14-8-6-13(7-9-14)11-15-19(26)23(20(27)29-15)10-4-5-17(24)25/h6-9,11-12H,4-5,10H2,1-3H3,(H,24,25)/b15-11+. The van der Waals surface area contributed by atoms with Crippen molar-refractivity contribution in [3.05, 3.63) is 45.8 Å². The number of carbonyl (C=O) groups excluding carboxylic acids is 1. The van der Waals surface area contributed by atoms with Crippen LogP contribution in [0.4, 0.5) is 0 Å². The molecule has 0 aliphatic carbocycles. The second-order valence-corrected chi connectivity index (χ2v) is 10.3. The summed E-state index contributed by atoms with van der Waals surface area (Å²) in [6.45, 7) is 6.76. The van der Waals surface area contributed by atoms with Crippen molar-refractivity contribution in [1.29, 1.82) is 0 Å². The number of aliphatic carboxylic acids is 1. The Morgan fingerprint density at radius 3 is 2.55 bits per heavy atom. The van der Waals surface area contributed by atoms with Gasteiger partial charge in [0.05, 0.1) is 10.6 Å². The van der Waals surface area contributed by atoms with E-state index in [1.54, 1.807) is 11.3 Å². The lowest BCUT2D eigenvalue weighted by Crippen LogP contribution is -2.29. The van der Waals surface area contributed by atoms with Gasteiger partial charge in [0.2, 0.25) is 0 Å². The molecule has 1 aliphatic heterocycles. The number of thiocarbonyl (C=S) groups is 1. The largest absolute Gasteiger partial charge is 0.481 e. The Kier molecular flexibility index (Phi) is 6.55. The van der Waals surface area contributed by atoms with E-state index in [0.29, 0.717) is 22.2 Å². The third kappa shape index (κ3) is 5.32. The highest BCUT2D eigenvalue weighted by Gasteiger charge is 2.31. The van der Waals surface area contributed by atoms with Crippen LogP contribution in [0.1, 0.15) is 44.9 Å². The number of carboxylic acids is 1. The van der Waals surface area contributed by atoms with Crippen LogP contribution in [0.25, 0.3) is 16.6 Å². The molecule has 1 aromatic carbocycles. The summed E-state index contributed by atoms with van der Waals surface area (Å²) in [4.78, 5) is 30.0. The zero-order valence-electron chi connectivity index (χ0n) is 16.5. The maximum Gasteiger partial charge on any atom is 0.303 e. The third-order valence-corrected chi connectivity index (χ3v) is 6.64. The Balaban J connectivity index is 1.71. The second kappa shape index (κ2) is 8.77. The van der Waals surface area contributed by atoms with Crippen molar-refractivity contribution >= 4 is 57.6 Å². The van der Waals surface area contributed by atoms with Crippen LogP contribution >= 0.6 is 35.3 Å². The normalized spacial score (nSPS) is 16.1. The summed E-state index contributed by atoms with van der Waals surface area (Å²) in [5.41, 5.74) is 3.05. The molecule has 1 N–H and O–H groups in total. The molecule has 0 radical (unpaired) electrons. The molecular formula is C21H22N2O3S3. The molecule has 152 valence electrons. The van der Waals surface area contributed by atoms with Crippen molar-refractivity contribution in [1.82, 2.24) is 9.88 Å². The summed E-state index contributed by atoms with van der Waals surface area (Å²) >= 11 is 8.16. The smallest absolute Gasteiger partial charge is 0.303 e. The predicted molar refractivity (Wildman–Crippen MR) is 123 cm³/mol. The predicted octanol–water partition coefficient (Wildman–Crippen LogP) is 5.17. The summed E-state index contributed by atoms with van der Waals surface area (Å²) in [6.07, 6.45) is 2.22. The van der Waals surface area contributed by atoms with Crippen LogP contribution in [0.5, 0.6) is 0 Å². The van der Waals surface area contributed by atoms with Gasteiger partial charge in [-0.05, 0) is 18.1 Å². The van der Waals surface area contributed by atoms with Crippen LogP contribution in [-0.2, 0) is 15.0 Å². The molecule has 0 bridgehead atoms. The molecule has 29 heavy (non-hydrogen) atoms. The molecule has 1 amide bonds. The van der Waals surface area contributed by atoms with E-state index in [4.69, 9.17) is 22.3 Å². The van der Waals surface area contributed by atoms with Gasteiger partial charge >= 0.3 is 5.97 Å². The maximum atomic E-state index is 12.6. The zero-order valence-corrected chi connectivity index (χ0v) is 18.9. The van der Waals surface area contributed by atoms with Gasteiger partial charge < -0.3 is 5.11 Å². The minimum Gasteiger partial charge on any atom is -0.481 e. The van der Waals surface area contributed by atoms with Gasteiger partial charge in [0.15, 0.2) is 0 Å². The average Bonchev–Trinajstić information content (AvgIpc) is 3.23. The molecule has 1 aromatic heterocycles. The summed E-state index contributed by atoms with van der Waals surface area (Å²) in [5, 5.41) is 11.8. The molecule has 5 nitrogen and oxygen atoms in total. The van der Waals surface area contributed by atoms with Crippen molar-refractivity contribution in [2.24, 2.45) is 0 Å². The quantitative estimate of drug-likeness (QED) is 0.487. The Hall–Kier alpha value is -2.03. The lowest BCUT2D eigenvalue weighted by Gasteiger charge is -2.14. The number of thiazole rings is 1. The van der Waals surface area contributed by atoms with Gasteiger partial charge in [0.25, 0.3) is 5.91 Å². The summed E-state index contributed by atoms with van der Waals surface area (Å²) in [5.74, 6) is -1.04. The van der Waals surface area contributed by atoms with E-state index in [-0.39, 0.29) is 17.7 Å². The molecule has 1 fully saturated rings. The van der Waals surface area contributed by atoms with Crippen molar-refractivity contribution in [2.75, 3.05) is 6.54 Å². The number of nitrogens with zero attached hydrogens (tertiary/aromatic N) is 2. The van der Waals surface area contributed by atoms with Crippen molar-refractivity contribution in [3.63, 3.8) is 0 Å². The molecule has 0 atom stereocenters. The van der Waals surface area contributed by atoms with Crippen LogP contribution in [0.15, 0.2) is 34.6 Å². The molecule has 0 saturated carbocycles. The lowest BCUT2D eigenvalue weighted by molar-refractivity contribution is -0.137. The fourth-order valence-electron chi connectivity index (χ4n) is 2.71. The first-order valence-electron chi connectivity index (χ1n) is 9.19. The summed E-state index contributed by atoms with van der Waals surface area (Å²) in [6, 6.07) is 7.93. The Morgan fingerprint density at radius 2 is 1.97 bits per heavy atom. The van der Waals surface area contributed by atoms with Gasteiger partial charge in [0, 0.05) is 29.3 Å². The van der Waals surface area contributed by atoms with Gasteiger partial charge in [-0.15, -0.1) is 11.3 Å². The van der Waals surface area contributed by atoms with Gasteiger partial charge in [-0.1, -0.05) is 69.0 Å². The minimum atomic E-state index is -0.874. The topological polar surface area (TPSA) is 70.5 Å². The third-order valence-electron chi connectivity index (χ3n) is 4.37. The second-order valence-electron chi connectivity index (χ2n) is 7.74. The first kappa shape index (κ1) is 21.7. The highest BCUT2D eigenvalue weighted by Crippen LogP contribution is 2.34. The molecule has 8 heteroatoms. The molecule has 3 rings (SSSR count). The zero-order chi connectivity index (χ0) is 21.2. The monoisotopic (exact) mass is 446 g/mol. The van der Waals surface area contributed by atoms with Crippen LogP contribution in [-0.4, -0.2) is 37.7 Å². The minimum absolute atomic E-state index is 0.0191. The highest BCUT2D eigenvalue weighted by molar-refractivity contribution is 8.26. The molecule has 0 spiro atoms.